The fraction of sp³-hybridized carbons (Fsp3) is 0.450. The number of piperazine rings is 1. The molecule has 30 heavy (non-hydrogen) atoms. The monoisotopic (exact) mass is 416 g/mol. The number of hydrogen-bond acceptors (Lipinski definition) is 7. The van der Waals surface area contributed by atoms with Crippen molar-refractivity contribution in [2.45, 2.75) is 13.0 Å². The Balaban J connectivity index is 1.28. The molecule has 4 rings (SSSR count). The molecule has 0 spiro atoms. The van der Waals surface area contributed by atoms with Crippen molar-refractivity contribution < 1.29 is 18.5 Å². The van der Waals surface area contributed by atoms with Gasteiger partial charge in [0, 0.05) is 38.8 Å². The van der Waals surface area contributed by atoms with Crippen LogP contribution in [0.1, 0.15) is 17.4 Å². The van der Waals surface area contributed by atoms with Crippen molar-refractivity contribution in [3.8, 4) is 0 Å². The minimum absolute atomic E-state index is 0.0593. The SMILES string of the molecule is Cc1cc(NC(=O)CN2CCN(C(=O)C3CNNC3c3ccc(F)cc3)CC2)no1. The van der Waals surface area contributed by atoms with Gasteiger partial charge in [-0.1, -0.05) is 17.3 Å². The Morgan fingerprint density at radius 3 is 2.63 bits per heavy atom. The molecule has 0 aliphatic carbocycles. The third kappa shape index (κ3) is 4.66. The van der Waals surface area contributed by atoms with E-state index in [2.05, 4.69) is 21.3 Å². The molecule has 2 aromatic rings. The molecule has 2 atom stereocenters. The first-order valence-electron chi connectivity index (χ1n) is 9.98. The lowest BCUT2D eigenvalue weighted by molar-refractivity contribution is -0.137. The lowest BCUT2D eigenvalue weighted by Gasteiger charge is -2.36. The number of aryl methyl sites for hydroxylation is 1. The summed E-state index contributed by atoms with van der Waals surface area (Å²) in [4.78, 5) is 29.1. The fourth-order valence-corrected chi connectivity index (χ4v) is 3.88. The number of amides is 2. The molecule has 10 heteroatoms. The number of rotatable bonds is 5. The Kier molecular flexibility index (Phi) is 6.07. The van der Waals surface area contributed by atoms with E-state index in [1.807, 2.05) is 9.80 Å². The zero-order chi connectivity index (χ0) is 21.1. The van der Waals surface area contributed by atoms with Crippen LogP contribution >= 0.6 is 0 Å². The van der Waals surface area contributed by atoms with Crippen LogP contribution in [-0.2, 0) is 9.59 Å². The Morgan fingerprint density at radius 2 is 1.97 bits per heavy atom. The minimum atomic E-state index is -0.300. The van der Waals surface area contributed by atoms with Crippen molar-refractivity contribution in [3.63, 3.8) is 0 Å². The van der Waals surface area contributed by atoms with Gasteiger partial charge < -0.3 is 14.7 Å². The highest BCUT2D eigenvalue weighted by Crippen LogP contribution is 2.27. The summed E-state index contributed by atoms with van der Waals surface area (Å²) in [6.07, 6.45) is 0. The summed E-state index contributed by atoms with van der Waals surface area (Å²) in [5.74, 6) is 0.367. The van der Waals surface area contributed by atoms with Crippen LogP contribution in [0.25, 0.3) is 0 Å². The molecule has 2 saturated heterocycles. The second-order valence-corrected chi connectivity index (χ2v) is 7.63. The molecular formula is C20H25FN6O3. The predicted molar refractivity (Wildman–Crippen MR) is 107 cm³/mol. The summed E-state index contributed by atoms with van der Waals surface area (Å²) in [6, 6.07) is 7.67. The third-order valence-electron chi connectivity index (χ3n) is 5.47. The number of anilines is 1. The molecule has 0 radical (unpaired) electrons. The molecular weight excluding hydrogens is 391 g/mol. The van der Waals surface area contributed by atoms with Crippen molar-refractivity contribution in [1.82, 2.24) is 25.8 Å². The standard InChI is InChI=1S/C20H25FN6O3/c1-13-10-17(25-30-13)23-18(28)12-26-6-8-27(9-7-26)20(29)16-11-22-24-19(16)14-2-4-15(21)5-3-14/h2-5,10,16,19,22,24H,6-9,11-12H2,1H3,(H,23,25,28). The highest BCUT2D eigenvalue weighted by Gasteiger charge is 2.37. The lowest BCUT2D eigenvalue weighted by atomic mass is 9.93. The highest BCUT2D eigenvalue weighted by molar-refractivity contribution is 5.91. The molecule has 2 aliphatic heterocycles. The van der Waals surface area contributed by atoms with Crippen molar-refractivity contribution in [1.29, 1.82) is 0 Å². The first kappa shape index (κ1) is 20.5. The molecule has 2 amide bonds. The van der Waals surface area contributed by atoms with Gasteiger partial charge in [-0.05, 0) is 24.6 Å². The van der Waals surface area contributed by atoms with E-state index in [4.69, 9.17) is 4.52 Å². The van der Waals surface area contributed by atoms with Crippen molar-refractivity contribution in [2.24, 2.45) is 5.92 Å². The van der Waals surface area contributed by atoms with Gasteiger partial charge in [0.05, 0.1) is 18.5 Å². The van der Waals surface area contributed by atoms with E-state index < -0.39 is 0 Å². The largest absolute Gasteiger partial charge is 0.360 e. The number of carbonyl (C=O) groups excluding carboxylic acids is 2. The number of halogens is 1. The Morgan fingerprint density at radius 1 is 1.23 bits per heavy atom. The summed E-state index contributed by atoms with van der Waals surface area (Å²) >= 11 is 0. The highest BCUT2D eigenvalue weighted by atomic mass is 19.1. The molecule has 0 bridgehead atoms. The average Bonchev–Trinajstić information content (AvgIpc) is 3.38. The van der Waals surface area contributed by atoms with Gasteiger partial charge in [0.25, 0.3) is 0 Å². The molecule has 2 unspecified atom stereocenters. The molecule has 1 aromatic heterocycles. The van der Waals surface area contributed by atoms with Gasteiger partial charge in [0.2, 0.25) is 11.8 Å². The maximum atomic E-state index is 13.2. The molecule has 2 aliphatic rings. The third-order valence-corrected chi connectivity index (χ3v) is 5.47. The van der Waals surface area contributed by atoms with Crippen LogP contribution < -0.4 is 16.2 Å². The number of benzene rings is 1. The topological polar surface area (TPSA) is 103 Å². The Labute approximate surface area is 173 Å². The zero-order valence-corrected chi connectivity index (χ0v) is 16.7. The minimum Gasteiger partial charge on any atom is -0.360 e. The van der Waals surface area contributed by atoms with E-state index in [1.165, 1.54) is 12.1 Å². The zero-order valence-electron chi connectivity index (χ0n) is 16.7. The number of carbonyl (C=O) groups is 2. The predicted octanol–water partition coefficient (Wildman–Crippen LogP) is 0.670. The van der Waals surface area contributed by atoms with Crippen LogP contribution in [0.15, 0.2) is 34.9 Å². The van der Waals surface area contributed by atoms with Crippen LogP contribution in [0.4, 0.5) is 10.2 Å². The van der Waals surface area contributed by atoms with Gasteiger partial charge in [-0.25, -0.2) is 9.82 Å². The summed E-state index contributed by atoms with van der Waals surface area (Å²) < 4.78 is 18.2. The smallest absolute Gasteiger partial charge is 0.239 e. The first-order chi connectivity index (χ1) is 14.5. The van der Waals surface area contributed by atoms with Gasteiger partial charge >= 0.3 is 0 Å². The average molecular weight is 416 g/mol. The second-order valence-electron chi connectivity index (χ2n) is 7.63. The van der Waals surface area contributed by atoms with Crippen LogP contribution in [0.5, 0.6) is 0 Å². The second kappa shape index (κ2) is 8.90. The maximum absolute atomic E-state index is 13.2. The quantitative estimate of drug-likeness (QED) is 0.658. The van der Waals surface area contributed by atoms with E-state index >= 15 is 0 Å². The summed E-state index contributed by atoms with van der Waals surface area (Å²) in [7, 11) is 0. The normalized spacial score (nSPS) is 22.3. The van der Waals surface area contributed by atoms with Crippen molar-refractivity contribution >= 4 is 17.6 Å². The van der Waals surface area contributed by atoms with E-state index in [0.29, 0.717) is 44.3 Å². The lowest BCUT2D eigenvalue weighted by Crippen LogP contribution is -2.52. The summed E-state index contributed by atoms with van der Waals surface area (Å²) in [5.41, 5.74) is 7.05. The van der Waals surface area contributed by atoms with Gasteiger partial charge in [-0.15, -0.1) is 0 Å². The summed E-state index contributed by atoms with van der Waals surface area (Å²) in [6.45, 7) is 4.86. The summed E-state index contributed by atoms with van der Waals surface area (Å²) in [5, 5.41) is 6.46. The molecule has 0 saturated carbocycles. The number of hydrazine groups is 1. The van der Waals surface area contributed by atoms with Crippen LogP contribution in [-0.4, -0.2) is 66.0 Å². The van der Waals surface area contributed by atoms with Gasteiger partial charge in [-0.2, -0.15) is 0 Å². The number of hydrogen-bond donors (Lipinski definition) is 3. The van der Waals surface area contributed by atoms with Crippen molar-refractivity contribution in [2.75, 3.05) is 44.6 Å². The van der Waals surface area contributed by atoms with Crippen LogP contribution in [0.3, 0.4) is 0 Å². The molecule has 2 fully saturated rings. The maximum Gasteiger partial charge on any atom is 0.239 e. The van der Waals surface area contributed by atoms with Crippen molar-refractivity contribution in [3.05, 3.63) is 47.5 Å². The molecule has 1 aromatic carbocycles. The van der Waals surface area contributed by atoms with Crippen LogP contribution in [0, 0.1) is 18.7 Å². The molecule has 3 heterocycles. The number of nitrogens with one attached hydrogen (secondary N) is 3. The van der Waals surface area contributed by atoms with Gasteiger partial charge in [0.15, 0.2) is 5.82 Å². The van der Waals surface area contributed by atoms with E-state index in [9.17, 15) is 14.0 Å². The Bertz CT molecular complexity index is 894. The van der Waals surface area contributed by atoms with Gasteiger partial charge in [-0.3, -0.25) is 19.9 Å². The Hall–Kier alpha value is -2.82. The fourth-order valence-electron chi connectivity index (χ4n) is 3.88. The van der Waals surface area contributed by atoms with E-state index in [0.717, 1.165) is 5.56 Å². The molecule has 9 nitrogen and oxygen atoms in total. The van der Waals surface area contributed by atoms with E-state index in [-0.39, 0.29) is 36.1 Å². The molecule has 160 valence electrons. The first-order valence-corrected chi connectivity index (χ1v) is 9.98. The van der Waals surface area contributed by atoms with E-state index in [1.54, 1.807) is 25.1 Å². The number of aromatic nitrogens is 1. The number of nitrogens with zero attached hydrogens (tertiary/aromatic N) is 3. The van der Waals surface area contributed by atoms with Crippen LogP contribution in [0.2, 0.25) is 0 Å². The molecule has 3 N–H and O–H groups in total. The van der Waals surface area contributed by atoms with Gasteiger partial charge in [0.1, 0.15) is 11.6 Å².